The highest BCUT2D eigenvalue weighted by Gasteiger charge is 2.30. The van der Waals surface area contributed by atoms with Gasteiger partial charge < -0.3 is 10.2 Å². The summed E-state index contributed by atoms with van der Waals surface area (Å²) in [7, 11) is -3.59. The summed E-state index contributed by atoms with van der Waals surface area (Å²) in [5.41, 5.74) is 0. The molecule has 3 N–H and O–H groups in total. The summed E-state index contributed by atoms with van der Waals surface area (Å²) in [6, 6.07) is 0. The molecule has 0 spiro atoms. The van der Waals surface area contributed by atoms with Crippen LogP contribution in [0.2, 0.25) is 0 Å². The van der Waals surface area contributed by atoms with Crippen LogP contribution in [0.15, 0.2) is 0 Å². The molecule has 0 amide bonds. The van der Waals surface area contributed by atoms with E-state index in [4.69, 9.17) is 10.2 Å². The fraction of sp³-hybridized carbons (Fsp3) is 0.909. The van der Waals surface area contributed by atoms with Gasteiger partial charge in [-0.05, 0) is 24.7 Å². The van der Waals surface area contributed by atoms with Gasteiger partial charge in [-0.2, -0.15) is 12.7 Å². The van der Waals surface area contributed by atoms with Gasteiger partial charge >= 0.3 is 5.97 Å². The van der Waals surface area contributed by atoms with Gasteiger partial charge in [-0.3, -0.25) is 0 Å². The van der Waals surface area contributed by atoms with E-state index in [2.05, 4.69) is 4.72 Å². The molecule has 1 aliphatic rings. The van der Waals surface area contributed by atoms with E-state index < -0.39 is 22.3 Å². The molecule has 1 saturated heterocycles. The van der Waals surface area contributed by atoms with Gasteiger partial charge in [-0.1, -0.05) is 13.8 Å². The van der Waals surface area contributed by atoms with Crippen LogP contribution in [0.3, 0.4) is 0 Å². The van der Waals surface area contributed by atoms with E-state index in [1.54, 1.807) is 0 Å². The first-order chi connectivity index (χ1) is 8.72. The van der Waals surface area contributed by atoms with Gasteiger partial charge in [-0.15, -0.1) is 0 Å². The molecule has 0 saturated carbocycles. The normalized spacial score (nSPS) is 27.1. The zero-order valence-corrected chi connectivity index (χ0v) is 12.1. The Morgan fingerprint density at radius 1 is 1.37 bits per heavy atom. The molecule has 0 aromatic heterocycles. The van der Waals surface area contributed by atoms with Crippen molar-refractivity contribution >= 4 is 16.2 Å². The zero-order valence-electron chi connectivity index (χ0n) is 11.2. The number of nitrogens with one attached hydrogen (secondary N) is 1. The Hall–Kier alpha value is -0.700. The van der Waals surface area contributed by atoms with Gasteiger partial charge in [0.2, 0.25) is 0 Å². The van der Waals surface area contributed by atoms with Crippen molar-refractivity contribution in [3.63, 3.8) is 0 Å². The second kappa shape index (κ2) is 6.65. The fourth-order valence-corrected chi connectivity index (χ4v) is 3.80. The number of carboxylic acids is 1. The Labute approximate surface area is 113 Å². The standard InChI is InChI=1S/C11H22N2O5S/c1-8-5-9(2)7-13(6-8)19(17,18)12-4-3-10(14)11(15)16/h8-10,12,14H,3-7H2,1-2H3,(H,15,16). The minimum atomic E-state index is -3.59. The lowest BCUT2D eigenvalue weighted by Crippen LogP contribution is -2.48. The summed E-state index contributed by atoms with van der Waals surface area (Å²) in [4.78, 5) is 10.4. The van der Waals surface area contributed by atoms with Crippen molar-refractivity contribution in [3.8, 4) is 0 Å². The smallest absolute Gasteiger partial charge is 0.332 e. The van der Waals surface area contributed by atoms with Crippen LogP contribution in [0.25, 0.3) is 0 Å². The number of piperidine rings is 1. The van der Waals surface area contributed by atoms with Crippen molar-refractivity contribution in [2.24, 2.45) is 11.8 Å². The quantitative estimate of drug-likeness (QED) is 0.620. The third-order valence-corrected chi connectivity index (χ3v) is 4.71. The molecule has 0 aliphatic carbocycles. The number of hydrogen-bond donors (Lipinski definition) is 3. The summed E-state index contributed by atoms with van der Waals surface area (Å²) in [6.07, 6.45) is -0.682. The largest absolute Gasteiger partial charge is 0.479 e. The number of rotatable bonds is 6. The van der Waals surface area contributed by atoms with Crippen LogP contribution in [0.1, 0.15) is 26.7 Å². The predicted octanol–water partition coefficient (Wildman–Crippen LogP) is -0.366. The van der Waals surface area contributed by atoms with E-state index in [0.717, 1.165) is 6.42 Å². The zero-order chi connectivity index (χ0) is 14.6. The molecular weight excluding hydrogens is 272 g/mol. The fourth-order valence-electron chi connectivity index (χ4n) is 2.34. The topological polar surface area (TPSA) is 107 Å². The lowest BCUT2D eigenvalue weighted by molar-refractivity contribution is -0.146. The van der Waals surface area contributed by atoms with Gasteiger partial charge in [0.1, 0.15) is 0 Å². The number of hydrogen-bond acceptors (Lipinski definition) is 4. The van der Waals surface area contributed by atoms with E-state index in [0.29, 0.717) is 24.9 Å². The van der Waals surface area contributed by atoms with Gasteiger partial charge in [0, 0.05) is 19.6 Å². The maximum Gasteiger partial charge on any atom is 0.332 e. The first kappa shape index (κ1) is 16.4. The van der Waals surface area contributed by atoms with Crippen LogP contribution in [-0.4, -0.2) is 54.6 Å². The third kappa shape index (κ3) is 5.06. The van der Waals surface area contributed by atoms with Crippen LogP contribution in [-0.2, 0) is 15.0 Å². The Morgan fingerprint density at radius 2 is 1.89 bits per heavy atom. The van der Waals surface area contributed by atoms with E-state index in [9.17, 15) is 13.2 Å². The molecule has 1 rings (SSSR count). The van der Waals surface area contributed by atoms with Crippen molar-refractivity contribution in [3.05, 3.63) is 0 Å². The summed E-state index contributed by atoms with van der Waals surface area (Å²) >= 11 is 0. The van der Waals surface area contributed by atoms with Crippen LogP contribution in [0.4, 0.5) is 0 Å². The second-order valence-electron chi connectivity index (χ2n) is 5.31. The maximum absolute atomic E-state index is 12.0. The maximum atomic E-state index is 12.0. The minimum Gasteiger partial charge on any atom is -0.479 e. The molecule has 1 heterocycles. The average molecular weight is 294 g/mol. The summed E-state index contributed by atoms with van der Waals surface area (Å²) < 4.78 is 27.7. The number of nitrogens with zero attached hydrogens (tertiary/aromatic N) is 1. The summed E-state index contributed by atoms with van der Waals surface area (Å²) in [6.45, 7) is 4.87. The van der Waals surface area contributed by atoms with E-state index in [1.165, 1.54) is 4.31 Å². The molecule has 0 bridgehead atoms. The predicted molar refractivity (Wildman–Crippen MR) is 69.7 cm³/mol. The number of aliphatic carboxylic acids is 1. The highest BCUT2D eigenvalue weighted by Crippen LogP contribution is 2.22. The van der Waals surface area contributed by atoms with Crippen molar-refractivity contribution in [1.29, 1.82) is 0 Å². The molecule has 3 unspecified atom stereocenters. The first-order valence-corrected chi connectivity index (χ1v) is 7.82. The van der Waals surface area contributed by atoms with Crippen LogP contribution in [0.5, 0.6) is 0 Å². The van der Waals surface area contributed by atoms with Crippen molar-refractivity contribution in [2.75, 3.05) is 19.6 Å². The molecule has 3 atom stereocenters. The molecule has 1 aliphatic heterocycles. The van der Waals surface area contributed by atoms with Crippen LogP contribution < -0.4 is 4.72 Å². The van der Waals surface area contributed by atoms with Gasteiger partial charge in [0.25, 0.3) is 10.2 Å². The summed E-state index contributed by atoms with van der Waals surface area (Å²) in [5.74, 6) is -0.728. The number of carboxylic acid groups (broad SMARTS) is 1. The first-order valence-electron chi connectivity index (χ1n) is 6.38. The van der Waals surface area contributed by atoms with Gasteiger partial charge in [0.05, 0.1) is 0 Å². The SMILES string of the molecule is CC1CC(C)CN(S(=O)(=O)NCCC(O)C(=O)O)C1. The molecule has 19 heavy (non-hydrogen) atoms. The van der Waals surface area contributed by atoms with E-state index >= 15 is 0 Å². The second-order valence-corrected chi connectivity index (χ2v) is 7.06. The summed E-state index contributed by atoms with van der Waals surface area (Å²) in [5, 5.41) is 17.6. The van der Waals surface area contributed by atoms with Crippen molar-refractivity contribution in [2.45, 2.75) is 32.8 Å². The van der Waals surface area contributed by atoms with Gasteiger partial charge in [0.15, 0.2) is 6.10 Å². The Bertz CT molecular complexity index is 401. The van der Waals surface area contributed by atoms with E-state index in [1.807, 2.05) is 13.8 Å². The van der Waals surface area contributed by atoms with E-state index in [-0.39, 0.29) is 13.0 Å². The van der Waals surface area contributed by atoms with Crippen molar-refractivity contribution < 1.29 is 23.4 Å². The molecule has 0 aromatic carbocycles. The number of aliphatic hydroxyl groups is 1. The molecule has 7 nitrogen and oxygen atoms in total. The third-order valence-electron chi connectivity index (χ3n) is 3.16. The molecule has 1 fully saturated rings. The number of aliphatic hydroxyl groups excluding tert-OH is 1. The Morgan fingerprint density at radius 3 is 2.37 bits per heavy atom. The molecule has 0 radical (unpaired) electrons. The lowest BCUT2D eigenvalue weighted by Gasteiger charge is -2.33. The minimum absolute atomic E-state index is 0.0882. The highest BCUT2D eigenvalue weighted by atomic mass is 32.2. The van der Waals surface area contributed by atoms with Crippen LogP contribution in [0, 0.1) is 11.8 Å². The molecular formula is C11H22N2O5S. The monoisotopic (exact) mass is 294 g/mol. The average Bonchev–Trinajstić information content (AvgIpc) is 2.27. The molecule has 112 valence electrons. The highest BCUT2D eigenvalue weighted by molar-refractivity contribution is 7.87. The van der Waals surface area contributed by atoms with Crippen LogP contribution >= 0.6 is 0 Å². The molecule has 8 heteroatoms. The Kier molecular flexibility index (Phi) is 5.72. The van der Waals surface area contributed by atoms with Gasteiger partial charge in [-0.25, -0.2) is 9.52 Å². The van der Waals surface area contributed by atoms with Crippen molar-refractivity contribution in [1.82, 2.24) is 9.03 Å². The Balaban J connectivity index is 2.49. The lowest BCUT2D eigenvalue weighted by atomic mass is 9.94. The molecule has 0 aromatic rings. The number of carbonyl (C=O) groups is 1.